The summed E-state index contributed by atoms with van der Waals surface area (Å²) in [6.07, 6.45) is -0.661. The first-order chi connectivity index (χ1) is 13.0. The molecule has 0 saturated heterocycles. The van der Waals surface area contributed by atoms with Crippen molar-refractivity contribution in [3.63, 3.8) is 0 Å². The maximum absolute atomic E-state index is 12.5. The molecule has 0 atom stereocenters. The van der Waals surface area contributed by atoms with Crippen LogP contribution >= 0.6 is 23.1 Å². The van der Waals surface area contributed by atoms with E-state index in [0.29, 0.717) is 32.8 Å². The molecule has 0 aliphatic heterocycles. The number of rotatable bonds is 5. The highest BCUT2D eigenvalue weighted by molar-refractivity contribution is 7.11. The van der Waals surface area contributed by atoms with E-state index >= 15 is 0 Å². The summed E-state index contributed by atoms with van der Waals surface area (Å²) in [6.45, 7) is 1.89. The monoisotopic (exact) mass is 405 g/mol. The topological polar surface area (TPSA) is 93.5 Å². The molecule has 0 saturated carbocycles. The van der Waals surface area contributed by atoms with Gasteiger partial charge < -0.3 is 14.5 Å². The number of methoxy groups -OCH3 is 1. The van der Waals surface area contributed by atoms with E-state index < -0.39 is 6.09 Å². The summed E-state index contributed by atoms with van der Waals surface area (Å²) in [6, 6.07) is 10.9. The van der Waals surface area contributed by atoms with E-state index in [-0.39, 0.29) is 12.5 Å². The Morgan fingerprint density at radius 2 is 1.96 bits per heavy atom. The van der Waals surface area contributed by atoms with Crippen molar-refractivity contribution >= 4 is 40.1 Å². The fourth-order valence-corrected chi connectivity index (χ4v) is 3.27. The van der Waals surface area contributed by atoms with Crippen molar-refractivity contribution in [2.24, 2.45) is 0 Å². The van der Waals surface area contributed by atoms with Gasteiger partial charge in [0.05, 0.1) is 24.9 Å². The minimum absolute atomic E-state index is 0.194. The molecule has 0 aliphatic carbocycles. The van der Waals surface area contributed by atoms with Crippen molar-refractivity contribution in [2.45, 2.75) is 13.5 Å². The van der Waals surface area contributed by atoms with Crippen molar-refractivity contribution in [1.29, 1.82) is 0 Å². The average molecular weight is 406 g/mol. The minimum Gasteiger partial charge on any atom is -0.459 e. The van der Waals surface area contributed by atoms with E-state index in [1.54, 1.807) is 25.1 Å². The lowest BCUT2D eigenvalue weighted by Gasteiger charge is -2.06. The fourth-order valence-electron chi connectivity index (χ4n) is 2.36. The van der Waals surface area contributed by atoms with Crippen LogP contribution in [0.15, 0.2) is 40.8 Å². The standard InChI is InChI=1S/C18H16ClN3O4S/c1-10-15(17(27-22-10)21-18(24)25-2)16(23)20-9-13-7-8-14(26-13)11-3-5-12(19)6-4-11/h3-8H,9H2,1-2H3,(H,20,23)(H,21,24). The van der Waals surface area contributed by atoms with Crippen molar-refractivity contribution in [3.05, 3.63) is 58.4 Å². The molecular formula is C18H16ClN3O4S. The van der Waals surface area contributed by atoms with Crippen LogP contribution in [-0.2, 0) is 11.3 Å². The summed E-state index contributed by atoms with van der Waals surface area (Å²) in [5, 5.41) is 6.24. The predicted octanol–water partition coefficient (Wildman–Crippen LogP) is 4.47. The lowest BCUT2D eigenvalue weighted by atomic mass is 10.2. The molecule has 9 heteroatoms. The zero-order valence-corrected chi connectivity index (χ0v) is 16.1. The first-order valence-electron chi connectivity index (χ1n) is 7.92. The molecule has 27 heavy (non-hydrogen) atoms. The molecule has 140 valence electrons. The number of carbonyl (C=O) groups excluding carboxylic acids is 2. The lowest BCUT2D eigenvalue weighted by Crippen LogP contribution is -2.24. The molecule has 0 unspecified atom stereocenters. The SMILES string of the molecule is COC(=O)Nc1snc(C)c1C(=O)NCc1ccc(-c2ccc(Cl)cc2)o1. The Kier molecular flexibility index (Phi) is 5.78. The van der Waals surface area contributed by atoms with Gasteiger partial charge in [-0.05, 0) is 54.9 Å². The van der Waals surface area contributed by atoms with Gasteiger partial charge in [0.25, 0.3) is 5.91 Å². The average Bonchev–Trinajstić information content (AvgIpc) is 3.27. The number of hydrogen-bond acceptors (Lipinski definition) is 6. The summed E-state index contributed by atoms with van der Waals surface area (Å²) < 4.78 is 14.4. The molecule has 0 bridgehead atoms. The van der Waals surface area contributed by atoms with Crippen LogP contribution in [0.2, 0.25) is 5.02 Å². The van der Waals surface area contributed by atoms with E-state index in [9.17, 15) is 9.59 Å². The maximum Gasteiger partial charge on any atom is 0.412 e. The number of carbonyl (C=O) groups is 2. The van der Waals surface area contributed by atoms with Crippen LogP contribution in [0.4, 0.5) is 9.80 Å². The third kappa shape index (κ3) is 4.47. The molecule has 2 aromatic heterocycles. The van der Waals surface area contributed by atoms with Gasteiger partial charge in [0, 0.05) is 10.6 Å². The number of anilines is 1. The number of nitrogens with zero attached hydrogens (tertiary/aromatic N) is 1. The lowest BCUT2D eigenvalue weighted by molar-refractivity contribution is 0.0948. The van der Waals surface area contributed by atoms with Crippen molar-refractivity contribution in [2.75, 3.05) is 12.4 Å². The summed E-state index contributed by atoms with van der Waals surface area (Å²) in [5.74, 6) is 0.908. The van der Waals surface area contributed by atoms with Crippen molar-refractivity contribution in [1.82, 2.24) is 9.69 Å². The molecule has 3 aromatic rings. The Morgan fingerprint density at radius 3 is 2.67 bits per heavy atom. The van der Waals surface area contributed by atoms with Gasteiger partial charge in [-0.25, -0.2) is 4.79 Å². The second-order valence-electron chi connectivity index (χ2n) is 5.54. The molecule has 0 fully saturated rings. The summed E-state index contributed by atoms with van der Waals surface area (Å²) in [4.78, 5) is 23.9. The van der Waals surface area contributed by atoms with E-state index in [1.165, 1.54) is 7.11 Å². The molecule has 2 amide bonds. The van der Waals surface area contributed by atoms with Crippen LogP contribution in [0.3, 0.4) is 0 Å². The fraction of sp³-hybridized carbons (Fsp3) is 0.167. The molecule has 7 nitrogen and oxygen atoms in total. The normalized spacial score (nSPS) is 10.5. The highest BCUT2D eigenvalue weighted by Crippen LogP contribution is 2.26. The smallest absolute Gasteiger partial charge is 0.412 e. The van der Waals surface area contributed by atoms with Crippen LogP contribution in [-0.4, -0.2) is 23.5 Å². The van der Waals surface area contributed by atoms with Crippen molar-refractivity contribution in [3.8, 4) is 11.3 Å². The van der Waals surface area contributed by atoms with Gasteiger partial charge in [0.15, 0.2) is 0 Å². The van der Waals surface area contributed by atoms with E-state index in [4.69, 9.17) is 16.0 Å². The Balaban J connectivity index is 1.67. The number of aromatic nitrogens is 1. The van der Waals surface area contributed by atoms with Gasteiger partial charge in [-0.1, -0.05) is 11.6 Å². The highest BCUT2D eigenvalue weighted by Gasteiger charge is 2.20. The molecular weight excluding hydrogens is 390 g/mol. The Morgan fingerprint density at radius 1 is 1.22 bits per heavy atom. The maximum atomic E-state index is 12.5. The van der Waals surface area contributed by atoms with Gasteiger partial charge in [0.1, 0.15) is 16.5 Å². The highest BCUT2D eigenvalue weighted by atomic mass is 35.5. The summed E-state index contributed by atoms with van der Waals surface area (Å²) in [7, 11) is 1.25. The van der Waals surface area contributed by atoms with Crippen LogP contribution in [0, 0.1) is 6.92 Å². The largest absolute Gasteiger partial charge is 0.459 e. The van der Waals surface area contributed by atoms with Crippen LogP contribution < -0.4 is 10.6 Å². The second-order valence-corrected chi connectivity index (χ2v) is 6.75. The molecule has 0 aliphatic rings. The predicted molar refractivity (Wildman–Crippen MR) is 103 cm³/mol. The number of amides is 2. The van der Waals surface area contributed by atoms with E-state index in [0.717, 1.165) is 17.1 Å². The first kappa shape index (κ1) is 18.9. The molecule has 2 heterocycles. The van der Waals surface area contributed by atoms with Gasteiger partial charge in [-0.15, -0.1) is 0 Å². The number of halogens is 1. The van der Waals surface area contributed by atoms with Crippen LogP contribution in [0.25, 0.3) is 11.3 Å². The van der Waals surface area contributed by atoms with E-state index in [1.807, 2.05) is 18.2 Å². The number of aryl methyl sites for hydroxylation is 1. The van der Waals surface area contributed by atoms with Crippen LogP contribution in [0.5, 0.6) is 0 Å². The van der Waals surface area contributed by atoms with Gasteiger partial charge in [-0.2, -0.15) is 4.37 Å². The third-order valence-electron chi connectivity index (χ3n) is 3.70. The number of hydrogen-bond donors (Lipinski definition) is 2. The number of furan rings is 1. The summed E-state index contributed by atoms with van der Waals surface area (Å²) >= 11 is 6.90. The van der Waals surface area contributed by atoms with Gasteiger partial charge in [0.2, 0.25) is 0 Å². The summed E-state index contributed by atoms with van der Waals surface area (Å²) in [5.41, 5.74) is 1.71. The minimum atomic E-state index is -0.661. The van der Waals surface area contributed by atoms with Crippen LogP contribution in [0.1, 0.15) is 21.8 Å². The molecule has 0 spiro atoms. The number of benzene rings is 1. The second kappa shape index (κ2) is 8.24. The Bertz CT molecular complexity index is 965. The number of nitrogens with one attached hydrogen (secondary N) is 2. The Labute approximate surface area is 164 Å². The third-order valence-corrected chi connectivity index (χ3v) is 4.81. The molecule has 3 rings (SSSR count). The first-order valence-corrected chi connectivity index (χ1v) is 9.07. The van der Waals surface area contributed by atoms with E-state index in [2.05, 4.69) is 19.7 Å². The van der Waals surface area contributed by atoms with Gasteiger partial charge >= 0.3 is 6.09 Å². The zero-order chi connectivity index (χ0) is 19.4. The Hall–Kier alpha value is -2.84. The van der Waals surface area contributed by atoms with Crippen molar-refractivity contribution < 1.29 is 18.7 Å². The quantitative estimate of drug-likeness (QED) is 0.653. The molecule has 2 N–H and O–H groups in total. The molecule has 0 radical (unpaired) electrons. The van der Waals surface area contributed by atoms with Gasteiger partial charge in [-0.3, -0.25) is 10.1 Å². The molecule has 1 aromatic carbocycles. The zero-order valence-electron chi connectivity index (χ0n) is 14.5. The number of ether oxygens (including phenoxy) is 1.